The Kier molecular flexibility index (Phi) is 6.61. The highest BCUT2D eigenvalue weighted by Gasteiger charge is 2.56. The molecule has 1 atom stereocenters. The molecule has 39 heavy (non-hydrogen) atoms. The number of carbonyl (C=O) groups is 1. The normalized spacial score (nSPS) is 20.7. The third kappa shape index (κ3) is 5.51. The van der Waals surface area contributed by atoms with E-state index in [1.54, 1.807) is 0 Å². The van der Waals surface area contributed by atoms with Crippen molar-refractivity contribution in [3.05, 3.63) is 65.2 Å². The second kappa shape index (κ2) is 9.84. The van der Waals surface area contributed by atoms with Crippen molar-refractivity contribution >= 4 is 23.8 Å². The molecular weight excluding hydrogens is 504 g/mol. The van der Waals surface area contributed by atoms with Gasteiger partial charge >= 0.3 is 0 Å². The average molecular weight is 543 g/mol. The van der Waals surface area contributed by atoms with Crippen LogP contribution in [0.15, 0.2) is 53.4 Å². The van der Waals surface area contributed by atoms with Gasteiger partial charge in [-0.25, -0.2) is 4.98 Å². The molecule has 3 aliphatic rings. The summed E-state index contributed by atoms with van der Waals surface area (Å²) in [5.41, 5.74) is 5.48. The lowest BCUT2D eigenvalue weighted by atomic mass is 9.74. The van der Waals surface area contributed by atoms with Crippen LogP contribution in [0.5, 0.6) is 5.88 Å². The summed E-state index contributed by atoms with van der Waals surface area (Å²) < 4.78 is 9.80. The summed E-state index contributed by atoms with van der Waals surface area (Å²) in [4.78, 5) is 26.9. The Bertz CT molecular complexity index is 1380. The van der Waals surface area contributed by atoms with Gasteiger partial charge in [0.25, 0.3) is 5.91 Å². The van der Waals surface area contributed by atoms with E-state index in [-0.39, 0.29) is 23.4 Å². The van der Waals surface area contributed by atoms with Crippen LogP contribution in [0.25, 0.3) is 11.3 Å². The third-order valence-corrected chi connectivity index (χ3v) is 9.14. The molecule has 1 N–H and O–H groups in total. The van der Waals surface area contributed by atoms with Gasteiger partial charge in [0, 0.05) is 28.1 Å². The lowest BCUT2D eigenvalue weighted by Crippen LogP contribution is -2.56. The number of ether oxygens (including phenoxy) is 1. The smallest absolute Gasteiger partial charge is 0.254 e. The van der Waals surface area contributed by atoms with E-state index in [1.165, 1.54) is 24.8 Å². The van der Waals surface area contributed by atoms with Gasteiger partial charge in [-0.2, -0.15) is 4.98 Å². The Morgan fingerprint density at radius 3 is 2.46 bits per heavy atom. The molecule has 1 spiro atoms. The molecule has 1 unspecified atom stereocenters. The number of hydrogen-bond donors (Lipinski definition) is 1. The van der Waals surface area contributed by atoms with Gasteiger partial charge in [0.05, 0.1) is 11.7 Å². The lowest BCUT2D eigenvalue weighted by Gasteiger charge is -2.48. The van der Waals surface area contributed by atoms with Crippen molar-refractivity contribution in [2.24, 2.45) is 10.8 Å². The van der Waals surface area contributed by atoms with E-state index < -0.39 is 0 Å². The van der Waals surface area contributed by atoms with Gasteiger partial charge in [0.1, 0.15) is 6.61 Å². The first-order chi connectivity index (χ1) is 18.6. The quantitative estimate of drug-likeness (QED) is 0.347. The molecule has 1 aliphatic heterocycles. The maximum Gasteiger partial charge on any atom is 0.254 e. The van der Waals surface area contributed by atoms with Crippen molar-refractivity contribution in [2.45, 2.75) is 83.7 Å². The molecule has 1 aromatic heterocycles. The minimum atomic E-state index is -0.0642. The van der Waals surface area contributed by atoms with E-state index in [4.69, 9.17) is 14.7 Å². The van der Waals surface area contributed by atoms with Crippen molar-refractivity contribution in [1.82, 2.24) is 14.9 Å². The number of benzene rings is 2. The molecule has 2 aliphatic carbocycles. The predicted molar refractivity (Wildman–Crippen MR) is 157 cm³/mol. The predicted octanol–water partition coefficient (Wildman–Crippen LogP) is 7.46. The number of aromatic nitrogens is 2. The fourth-order valence-electron chi connectivity index (χ4n) is 6.31. The number of fused-ring (bicyclic) bond motifs is 4. The van der Waals surface area contributed by atoms with Crippen molar-refractivity contribution < 1.29 is 9.53 Å². The summed E-state index contributed by atoms with van der Waals surface area (Å²) in [7, 11) is 0. The van der Waals surface area contributed by atoms with Crippen molar-refractivity contribution in [3.63, 3.8) is 0 Å². The first-order valence-electron chi connectivity index (χ1n) is 14.0. The lowest BCUT2D eigenvalue weighted by molar-refractivity contribution is 0.00462. The van der Waals surface area contributed by atoms with Crippen LogP contribution in [0.2, 0.25) is 0 Å². The first-order valence-corrected chi connectivity index (χ1v) is 14.8. The maximum absolute atomic E-state index is 14.2. The van der Waals surface area contributed by atoms with Gasteiger partial charge in [0.15, 0.2) is 0 Å². The molecule has 3 aromatic rings. The van der Waals surface area contributed by atoms with Crippen LogP contribution in [0, 0.1) is 24.7 Å². The van der Waals surface area contributed by atoms with Crippen molar-refractivity contribution in [2.75, 3.05) is 11.3 Å². The van der Waals surface area contributed by atoms with E-state index >= 15 is 0 Å². The SMILES string of the molecule is Cc1cccc(C)c1-c1cc2nc(n1)NSc1cccc(c1)C(=O)N(C1CC3(CC3)C1)C(CC(C)(C)C)CO2. The second-order valence-electron chi connectivity index (χ2n) is 12.9. The van der Waals surface area contributed by atoms with Crippen LogP contribution >= 0.6 is 11.9 Å². The molecule has 2 saturated carbocycles. The summed E-state index contributed by atoms with van der Waals surface area (Å²) in [5, 5.41) is 0. The van der Waals surface area contributed by atoms with Crippen LogP contribution in [0.1, 0.15) is 74.4 Å². The molecule has 1 amide bonds. The third-order valence-electron chi connectivity index (χ3n) is 8.37. The molecule has 7 heteroatoms. The van der Waals surface area contributed by atoms with Crippen LogP contribution < -0.4 is 9.46 Å². The van der Waals surface area contributed by atoms with Gasteiger partial charge in [-0.15, -0.1) is 0 Å². The summed E-state index contributed by atoms with van der Waals surface area (Å²) in [5.74, 6) is 1.12. The zero-order chi connectivity index (χ0) is 27.4. The largest absolute Gasteiger partial charge is 0.475 e. The minimum absolute atomic E-state index is 0.0288. The summed E-state index contributed by atoms with van der Waals surface area (Å²) >= 11 is 1.42. The minimum Gasteiger partial charge on any atom is -0.475 e. The standard InChI is InChI=1S/C32H38N4O2S/c1-20-8-6-9-21(2)28(20)26-15-27-34-30(33-26)35-39-25-11-7-10-22(14-25)29(37)36(23-17-32(18-23)12-13-32)24(19-38-27)16-31(3,4)5/h6-11,14-15,23-24H,12-13,16-19H2,1-5H3,(H,33,34,35). The molecule has 2 aromatic carbocycles. The fourth-order valence-corrected chi connectivity index (χ4v) is 6.95. The van der Waals surface area contributed by atoms with Crippen LogP contribution in [0.3, 0.4) is 0 Å². The number of nitrogens with zero attached hydrogens (tertiary/aromatic N) is 3. The fraction of sp³-hybridized carbons (Fsp3) is 0.469. The molecular formula is C32H38N4O2S. The highest BCUT2D eigenvalue weighted by molar-refractivity contribution is 8.00. The second-order valence-corrected chi connectivity index (χ2v) is 13.8. The molecule has 0 saturated heterocycles. The molecule has 6 nitrogen and oxygen atoms in total. The molecule has 4 bridgehead atoms. The molecule has 0 radical (unpaired) electrons. The van der Waals surface area contributed by atoms with E-state index in [0.29, 0.717) is 23.9 Å². The van der Waals surface area contributed by atoms with Gasteiger partial charge < -0.3 is 9.64 Å². The van der Waals surface area contributed by atoms with E-state index in [2.05, 4.69) is 62.4 Å². The molecule has 204 valence electrons. The number of nitrogens with one attached hydrogen (secondary N) is 1. The van der Waals surface area contributed by atoms with Crippen LogP contribution in [-0.4, -0.2) is 39.5 Å². The monoisotopic (exact) mass is 542 g/mol. The van der Waals surface area contributed by atoms with Gasteiger partial charge in [0.2, 0.25) is 11.8 Å². The number of carbonyl (C=O) groups excluding carboxylic acids is 1. The van der Waals surface area contributed by atoms with E-state index in [0.717, 1.165) is 52.1 Å². The van der Waals surface area contributed by atoms with Crippen LogP contribution in [-0.2, 0) is 0 Å². The summed E-state index contributed by atoms with van der Waals surface area (Å²) in [6.45, 7) is 11.3. The number of hydrogen-bond acceptors (Lipinski definition) is 6. The highest BCUT2D eigenvalue weighted by Crippen LogP contribution is 2.62. The number of rotatable bonds is 3. The Labute approximate surface area is 236 Å². The first kappa shape index (κ1) is 26.2. The topological polar surface area (TPSA) is 67.4 Å². The summed E-state index contributed by atoms with van der Waals surface area (Å²) in [6, 6.07) is 16.3. The number of anilines is 1. The Balaban J connectivity index is 1.42. The maximum atomic E-state index is 14.2. The molecule has 6 rings (SSSR count). The Morgan fingerprint density at radius 2 is 1.77 bits per heavy atom. The van der Waals surface area contributed by atoms with Gasteiger partial charge in [-0.3, -0.25) is 9.52 Å². The molecule has 2 fully saturated rings. The van der Waals surface area contributed by atoms with Crippen LogP contribution in [0.4, 0.5) is 5.95 Å². The zero-order valence-electron chi connectivity index (χ0n) is 23.6. The Morgan fingerprint density at radius 1 is 1.05 bits per heavy atom. The summed E-state index contributed by atoms with van der Waals surface area (Å²) in [6.07, 6.45) is 5.65. The van der Waals surface area contributed by atoms with Gasteiger partial charge in [-0.05, 0) is 98.1 Å². The van der Waals surface area contributed by atoms with Crippen molar-refractivity contribution in [1.29, 1.82) is 0 Å². The van der Waals surface area contributed by atoms with Gasteiger partial charge in [-0.1, -0.05) is 45.0 Å². The van der Waals surface area contributed by atoms with E-state index in [9.17, 15) is 4.79 Å². The highest BCUT2D eigenvalue weighted by atomic mass is 32.2. The molecule has 2 heterocycles. The van der Waals surface area contributed by atoms with Crippen molar-refractivity contribution in [3.8, 4) is 17.1 Å². The number of amides is 1. The zero-order valence-corrected chi connectivity index (χ0v) is 24.4. The number of aryl methyl sites for hydroxylation is 2. The Hall–Kier alpha value is -3.06. The average Bonchev–Trinajstić information content (AvgIpc) is 3.66. The van der Waals surface area contributed by atoms with E-state index in [1.807, 2.05) is 30.3 Å².